The molecule has 1 aliphatic rings. The fourth-order valence-corrected chi connectivity index (χ4v) is 4.22. The number of para-hydroxylation sites is 1. The Hall–Kier alpha value is -3.62. The zero-order chi connectivity index (χ0) is 27.2. The highest BCUT2D eigenvalue weighted by Crippen LogP contribution is 2.37. The fraction of sp³-hybridized carbons (Fsp3) is 0.321. The minimum Gasteiger partial charge on any atom is -0.478 e. The predicted molar refractivity (Wildman–Crippen MR) is 145 cm³/mol. The molecule has 0 aliphatic carbocycles. The summed E-state index contributed by atoms with van der Waals surface area (Å²) in [6.45, 7) is 5.59. The number of carboxylic acid groups (broad SMARTS) is 3. The Balaban J connectivity index is 0.000000521. The van der Waals surface area contributed by atoms with Crippen molar-refractivity contribution in [3.63, 3.8) is 0 Å². The number of benzene rings is 2. The molecule has 0 bridgehead atoms. The fourth-order valence-electron chi connectivity index (χ4n) is 4.05. The number of likely N-dealkylation sites (N-methyl/N-ethyl adjacent to an activating group) is 1. The number of carboxylic acids is 3. The van der Waals surface area contributed by atoms with E-state index >= 15 is 0 Å². The second kappa shape index (κ2) is 15.5. The Morgan fingerprint density at radius 2 is 1.51 bits per heavy atom. The van der Waals surface area contributed by atoms with Gasteiger partial charge in [-0.15, -0.1) is 0 Å². The molecule has 2 aromatic carbocycles. The number of fused-ring (bicyclic) bond motifs is 2. The summed E-state index contributed by atoms with van der Waals surface area (Å²) in [5, 5.41) is 25.1. The van der Waals surface area contributed by atoms with Crippen LogP contribution in [0.1, 0.15) is 30.9 Å². The molecule has 0 spiro atoms. The van der Waals surface area contributed by atoms with Gasteiger partial charge in [0.2, 0.25) is 0 Å². The largest absolute Gasteiger partial charge is 0.478 e. The highest BCUT2D eigenvalue weighted by Gasteiger charge is 2.20. The highest BCUT2D eigenvalue weighted by atomic mass is 35.5. The number of anilines is 2. The van der Waals surface area contributed by atoms with Crippen LogP contribution >= 0.6 is 11.6 Å². The molecule has 1 heterocycles. The molecule has 9 heteroatoms. The van der Waals surface area contributed by atoms with Crippen LogP contribution < -0.4 is 4.90 Å². The number of hydrogen-bond acceptors (Lipinski definition) is 5. The standard InChI is InChI=1S/C24H29ClN2O2.C4H4O4/c1-2-26(16-7-10-24(28)29)15-5-6-17-27-22-9-4-3-8-19(22)11-12-20-13-14-21(25)18-23(20)27;5-3(6)1-2-4(7)8/h3-4,7-10,13-14,18H,2,5-6,11-12,15-17H2,1H3,(H,28,29);1-2H,(H,5,6)(H,7,8)/b10-7+;2-1-. The Kier molecular flexibility index (Phi) is 12.4. The van der Waals surface area contributed by atoms with E-state index in [9.17, 15) is 14.4 Å². The van der Waals surface area contributed by atoms with Gasteiger partial charge in [0.05, 0.1) is 0 Å². The third kappa shape index (κ3) is 10.5. The van der Waals surface area contributed by atoms with Gasteiger partial charge in [0.25, 0.3) is 0 Å². The number of halogens is 1. The minimum absolute atomic E-state index is 0.558. The minimum atomic E-state index is -1.26. The number of aryl methyl sites for hydroxylation is 2. The molecule has 0 unspecified atom stereocenters. The van der Waals surface area contributed by atoms with Gasteiger partial charge in [-0.2, -0.15) is 0 Å². The van der Waals surface area contributed by atoms with E-state index in [2.05, 4.69) is 53.1 Å². The van der Waals surface area contributed by atoms with Crippen LogP contribution in [0.4, 0.5) is 11.4 Å². The van der Waals surface area contributed by atoms with Crippen LogP contribution in [0.2, 0.25) is 5.02 Å². The quantitative estimate of drug-likeness (QED) is 0.274. The van der Waals surface area contributed by atoms with Crippen LogP contribution in [0.25, 0.3) is 0 Å². The number of aliphatic carboxylic acids is 3. The van der Waals surface area contributed by atoms with E-state index in [1.165, 1.54) is 28.6 Å². The lowest BCUT2D eigenvalue weighted by atomic mass is 10.0. The first-order chi connectivity index (χ1) is 17.7. The van der Waals surface area contributed by atoms with Crippen molar-refractivity contribution in [1.82, 2.24) is 4.90 Å². The van der Waals surface area contributed by atoms with Gasteiger partial charge in [-0.3, -0.25) is 4.90 Å². The summed E-state index contributed by atoms with van der Waals surface area (Å²) in [4.78, 5) is 34.4. The Morgan fingerprint density at radius 1 is 0.892 bits per heavy atom. The van der Waals surface area contributed by atoms with Crippen molar-refractivity contribution < 1.29 is 29.7 Å². The average molecular weight is 529 g/mol. The van der Waals surface area contributed by atoms with Gasteiger partial charge in [0, 0.05) is 47.7 Å². The molecule has 0 saturated heterocycles. The van der Waals surface area contributed by atoms with E-state index in [1.54, 1.807) is 6.08 Å². The van der Waals surface area contributed by atoms with Crippen molar-refractivity contribution in [3.05, 3.63) is 82.9 Å². The first-order valence-electron chi connectivity index (χ1n) is 12.1. The molecular weight excluding hydrogens is 496 g/mol. The summed E-state index contributed by atoms with van der Waals surface area (Å²) >= 11 is 6.33. The number of unbranched alkanes of at least 4 members (excludes halogenated alkanes) is 1. The van der Waals surface area contributed by atoms with Gasteiger partial charge in [-0.05, 0) is 68.1 Å². The van der Waals surface area contributed by atoms with Gasteiger partial charge in [0.1, 0.15) is 0 Å². The van der Waals surface area contributed by atoms with Gasteiger partial charge in [0.15, 0.2) is 0 Å². The van der Waals surface area contributed by atoms with Crippen molar-refractivity contribution in [3.8, 4) is 0 Å². The van der Waals surface area contributed by atoms with E-state index in [1.807, 2.05) is 6.07 Å². The smallest absolute Gasteiger partial charge is 0.328 e. The monoisotopic (exact) mass is 528 g/mol. The van der Waals surface area contributed by atoms with Gasteiger partial charge >= 0.3 is 17.9 Å². The van der Waals surface area contributed by atoms with Crippen LogP contribution in [0.15, 0.2) is 66.8 Å². The molecule has 37 heavy (non-hydrogen) atoms. The Labute approximate surface area is 222 Å². The zero-order valence-electron chi connectivity index (χ0n) is 20.8. The van der Waals surface area contributed by atoms with Crippen molar-refractivity contribution >= 4 is 40.9 Å². The molecule has 0 amide bonds. The van der Waals surface area contributed by atoms with Crippen LogP contribution in [-0.2, 0) is 27.2 Å². The van der Waals surface area contributed by atoms with Crippen molar-refractivity contribution in [2.24, 2.45) is 0 Å². The summed E-state index contributed by atoms with van der Waals surface area (Å²) in [7, 11) is 0. The topological polar surface area (TPSA) is 118 Å². The first-order valence-corrected chi connectivity index (χ1v) is 12.5. The Bertz CT molecular complexity index is 1120. The summed E-state index contributed by atoms with van der Waals surface area (Å²) in [6.07, 6.45) is 8.24. The number of rotatable bonds is 11. The molecule has 1 aliphatic heterocycles. The van der Waals surface area contributed by atoms with Gasteiger partial charge in [-0.25, -0.2) is 14.4 Å². The number of hydrogen-bond donors (Lipinski definition) is 3. The molecule has 198 valence electrons. The summed E-state index contributed by atoms with van der Waals surface area (Å²) in [5.74, 6) is -3.40. The lowest BCUT2D eigenvalue weighted by Crippen LogP contribution is -2.26. The number of nitrogens with zero attached hydrogens (tertiary/aromatic N) is 2. The maximum atomic E-state index is 10.6. The van der Waals surface area contributed by atoms with Crippen molar-refractivity contribution in [1.29, 1.82) is 0 Å². The van der Waals surface area contributed by atoms with Crippen LogP contribution in [0, 0.1) is 0 Å². The maximum Gasteiger partial charge on any atom is 0.328 e. The third-order valence-corrected chi connectivity index (χ3v) is 6.07. The van der Waals surface area contributed by atoms with Gasteiger partial charge in [-0.1, -0.05) is 48.9 Å². The van der Waals surface area contributed by atoms with E-state index < -0.39 is 17.9 Å². The van der Waals surface area contributed by atoms with E-state index in [4.69, 9.17) is 26.9 Å². The predicted octanol–water partition coefficient (Wildman–Crippen LogP) is 5.03. The molecule has 2 aromatic rings. The highest BCUT2D eigenvalue weighted by molar-refractivity contribution is 6.30. The second-order valence-corrected chi connectivity index (χ2v) is 8.84. The van der Waals surface area contributed by atoms with Crippen molar-refractivity contribution in [2.45, 2.75) is 32.6 Å². The molecule has 0 fully saturated rings. The molecule has 8 nitrogen and oxygen atoms in total. The SMILES string of the molecule is CCN(C/C=C/C(=O)O)CCCCN1c2ccccc2CCc2ccc(Cl)cc21.O=C(O)/C=C\C(=O)O. The molecule has 0 radical (unpaired) electrons. The molecule has 3 N–H and O–H groups in total. The lowest BCUT2D eigenvalue weighted by Gasteiger charge is -2.28. The molecule has 0 saturated carbocycles. The van der Waals surface area contributed by atoms with E-state index in [-0.39, 0.29) is 0 Å². The second-order valence-electron chi connectivity index (χ2n) is 8.40. The zero-order valence-corrected chi connectivity index (χ0v) is 21.6. The average Bonchev–Trinajstić information content (AvgIpc) is 3.01. The first kappa shape index (κ1) is 29.6. The maximum absolute atomic E-state index is 10.6. The summed E-state index contributed by atoms with van der Waals surface area (Å²) in [6, 6.07) is 14.9. The van der Waals surface area contributed by atoms with Crippen LogP contribution in [0.5, 0.6) is 0 Å². The lowest BCUT2D eigenvalue weighted by molar-refractivity contribution is -0.134. The molecule has 0 atom stereocenters. The summed E-state index contributed by atoms with van der Waals surface area (Å²) < 4.78 is 0. The van der Waals surface area contributed by atoms with E-state index in [0.717, 1.165) is 50.3 Å². The molecular formula is C28H33ClN2O6. The molecule has 3 rings (SSSR count). The van der Waals surface area contributed by atoms with Gasteiger partial charge < -0.3 is 20.2 Å². The van der Waals surface area contributed by atoms with Crippen LogP contribution in [-0.4, -0.2) is 64.3 Å². The van der Waals surface area contributed by atoms with Crippen LogP contribution in [0.3, 0.4) is 0 Å². The Morgan fingerprint density at radius 3 is 2.14 bits per heavy atom. The summed E-state index contributed by atoms with van der Waals surface area (Å²) in [5.41, 5.74) is 5.23. The molecule has 0 aromatic heterocycles. The number of carbonyl (C=O) groups is 3. The van der Waals surface area contributed by atoms with E-state index in [0.29, 0.717) is 18.7 Å². The normalized spacial score (nSPS) is 12.6. The van der Waals surface area contributed by atoms with Crippen molar-refractivity contribution in [2.75, 3.05) is 31.1 Å². The third-order valence-electron chi connectivity index (χ3n) is 5.83.